The standard InChI is InChI=1S/C16H20N4O3/c1-9-7-10(2)20-14(18-9)13(8-17-20)15(21)19-12-5-3-11(4-6-12)16(22)23/h7-8,11-12H,3-6H2,1-2H3,(H,19,21)(H,22,23). The summed E-state index contributed by atoms with van der Waals surface area (Å²) in [6.45, 7) is 3.80. The summed E-state index contributed by atoms with van der Waals surface area (Å²) >= 11 is 0. The third-order valence-electron chi connectivity index (χ3n) is 4.43. The molecule has 1 aliphatic rings. The minimum atomic E-state index is -0.743. The second kappa shape index (κ2) is 5.98. The lowest BCUT2D eigenvalue weighted by molar-refractivity contribution is -0.142. The molecule has 0 unspecified atom stereocenters. The molecule has 2 aromatic heterocycles. The van der Waals surface area contributed by atoms with Crippen molar-refractivity contribution in [1.82, 2.24) is 19.9 Å². The van der Waals surface area contributed by atoms with Crippen molar-refractivity contribution in [2.75, 3.05) is 0 Å². The number of carboxylic acid groups (broad SMARTS) is 1. The smallest absolute Gasteiger partial charge is 0.306 e. The molecule has 1 saturated carbocycles. The maximum absolute atomic E-state index is 12.5. The monoisotopic (exact) mass is 316 g/mol. The Labute approximate surface area is 133 Å². The van der Waals surface area contributed by atoms with Crippen LogP contribution in [0.5, 0.6) is 0 Å². The predicted molar refractivity (Wildman–Crippen MR) is 83.3 cm³/mol. The van der Waals surface area contributed by atoms with Crippen molar-refractivity contribution in [3.8, 4) is 0 Å². The fraction of sp³-hybridized carbons (Fsp3) is 0.500. The van der Waals surface area contributed by atoms with Crippen LogP contribution in [0.15, 0.2) is 12.3 Å². The number of hydrogen-bond acceptors (Lipinski definition) is 4. The van der Waals surface area contributed by atoms with Gasteiger partial charge in [0.15, 0.2) is 5.65 Å². The highest BCUT2D eigenvalue weighted by Crippen LogP contribution is 2.24. The maximum Gasteiger partial charge on any atom is 0.306 e. The number of aromatic nitrogens is 3. The van der Waals surface area contributed by atoms with Gasteiger partial charge in [-0.2, -0.15) is 5.10 Å². The van der Waals surface area contributed by atoms with Crippen LogP contribution < -0.4 is 5.32 Å². The summed E-state index contributed by atoms with van der Waals surface area (Å²) in [6, 6.07) is 1.92. The first kappa shape index (κ1) is 15.5. The van der Waals surface area contributed by atoms with E-state index in [1.807, 2.05) is 19.9 Å². The molecule has 7 heteroatoms. The average molecular weight is 316 g/mol. The molecule has 0 atom stereocenters. The van der Waals surface area contributed by atoms with Crippen LogP contribution in [-0.2, 0) is 4.79 Å². The van der Waals surface area contributed by atoms with Crippen molar-refractivity contribution in [3.05, 3.63) is 29.2 Å². The van der Waals surface area contributed by atoms with Crippen LogP contribution in [0, 0.1) is 19.8 Å². The fourth-order valence-corrected chi connectivity index (χ4v) is 3.18. The third kappa shape index (κ3) is 3.04. The van der Waals surface area contributed by atoms with Crippen LogP contribution in [0.4, 0.5) is 0 Å². The summed E-state index contributed by atoms with van der Waals surface area (Å²) in [6.07, 6.45) is 4.12. The van der Waals surface area contributed by atoms with Crippen molar-refractivity contribution < 1.29 is 14.7 Å². The number of carboxylic acids is 1. The SMILES string of the molecule is Cc1cc(C)n2ncc(C(=O)NC3CCC(C(=O)O)CC3)c2n1. The Hall–Kier alpha value is -2.44. The molecule has 2 aromatic rings. The molecule has 122 valence electrons. The fourth-order valence-electron chi connectivity index (χ4n) is 3.18. The Bertz CT molecular complexity index is 760. The van der Waals surface area contributed by atoms with Crippen molar-refractivity contribution in [1.29, 1.82) is 0 Å². The first-order valence-electron chi connectivity index (χ1n) is 7.81. The van der Waals surface area contributed by atoms with Crippen LogP contribution in [0.2, 0.25) is 0 Å². The summed E-state index contributed by atoms with van der Waals surface area (Å²) in [5.74, 6) is -1.23. The van der Waals surface area contributed by atoms with Crippen LogP contribution in [0.1, 0.15) is 47.4 Å². The summed E-state index contributed by atoms with van der Waals surface area (Å²) in [4.78, 5) is 27.9. The highest BCUT2D eigenvalue weighted by Gasteiger charge is 2.27. The summed E-state index contributed by atoms with van der Waals surface area (Å²) < 4.78 is 1.66. The second-order valence-corrected chi connectivity index (χ2v) is 6.19. The first-order valence-corrected chi connectivity index (χ1v) is 7.81. The summed E-state index contributed by atoms with van der Waals surface area (Å²) in [7, 11) is 0. The van der Waals surface area contributed by atoms with E-state index in [1.54, 1.807) is 4.52 Å². The van der Waals surface area contributed by atoms with Crippen LogP contribution in [0.25, 0.3) is 5.65 Å². The van der Waals surface area contributed by atoms with Gasteiger partial charge in [0.25, 0.3) is 5.91 Å². The quantitative estimate of drug-likeness (QED) is 0.898. The topological polar surface area (TPSA) is 96.6 Å². The predicted octanol–water partition coefficient (Wildman–Crippen LogP) is 1.72. The van der Waals surface area contributed by atoms with Gasteiger partial charge in [0.05, 0.1) is 12.1 Å². The van der Waals surface area contributed by atoms with Gasteiger partial charge in [-0.25, -0.2) is 9.50 Å². The average Bonchev–Trinajstić information content (AvgIpc) is 2.91. The van der Waals surface area contributed by atoms with Crippen LogP contribution in [0.3, 0.4) is 0 Å². The van der Waals surface area contributed by atoms with Gasteiger partial charge in [-0.1, -0.05) is 0 Å². The van der Waals surface area contributed by atoms with E-state index in [1.165, 1.54) is 6.20 Å². The van der Waals surface area contributed by atoms with Crippen molar-refractivity contribution in [2.24, 2.45) is 5.92 Å². The third-order valence-corrected chi connectivity index (χ3v) is 4.43. The Morgan fingerprint density at radius 1 is 1.26 bits per heavy atom. The molecule has 2 N–H and O–H groups in total. The van der Waals surface area contributed by atoms with Crippen LogP contribution >= 0.6 is 0 Å². The van der Waals surface area contributed by atoms with Gasteiger partial charge in [-0.3, -0.25) is 9.59 Å². The zero-order chi connectivity index (χ0) is 16.6. The lowest BCUT2D eigenvalue weighted by Crippen LogP contribution is -2.38. The van der Waals surface area contributed by atoms with E-state index in [-0.39, 0.29) is 17.9 Å². The first-order chi connectivity index (χ1) is 11.0. The molecule has 0 aromatic carbocycles. The van der Waals surface area contributed by atoms with E-state index < -0.39 is 5.97 Å². The van der Waals surface area contributed by atoms with Gasteiger partial charge in [-0.05, 0) is 45.6 Å². The zero-order valence-electron chi connectivity index (χ0n) is 13.2. The largest absolute Gasteiger partial charge is 0.481 e. The molecular weight excluding hydrogens is 296 g/mol. The highest BCUT2D eigenvalue weighted by atomic mass is 16.4. The minimum absolute atomic E-state index is 0.0129. The van der Waals surface area contributed by atoms with E-state index in [0.717, 1.165) is 11.4 Å². The van der Waals surface area contributed by atoms with E-state index in [0.29, 0.717) is 36.9 Å². The molecule has 0 bridgehead atoms. The molecule has 1 fully saturated rings. The molecule has 7 nitrogen and oxygen atoms in total. The number of carbonyl (C=O) groups is 2. The number of aryl methyl sites for hydroxylation is 2. The lowest BCUT2D eigenvalue weighted by atomic mass is 9.86. The number of rotatable bonds is 3. The van der Waals surface area contributed by atoms with Gasteiger partial charge in [0, 0.05) is 17.4 Å². The molecule has 1 aliphatic carbocycles. The van der Waals surface area contributed by atoms with Gasteiger partial charge >= 0.3 is 5.97 Å². The van der Waals surface area contributed by atoms with E-state index in [2.05, 4.69) is 15.4 Å². The Kier molecular flexibility index (Phi) is 4.02. The van der Waals surface area contributed by atoms with Crippen LogP contribution in [-0.4, -0.2) is 37.6 Å². The van der Waals surface area contributed by atoms with Crippen molar-refractivity contribution in [3.63, 3.8) is 0 Å². The number of nitrogens with zero attached hydrogens (tertiary/aromatic N) is 3. The molecule has 0 spiro atoms. The molecule has 2 heterocycles. The van der Waals surface area contributed by atoms with Gasteiger partial charge in [0.2, 0.25) is 0 Å². The van der Waals surface area contributed by atoms with Crippen molar-refractivity contribution >= 4 is 17.5 Å². The number of nitrogens with one attached hydrogen (secondary N) is 1. The van der Waals surface area contributed by atoms with E-state index in [9.17, 15) is 9.59 Å². The number of carbonyl (C=O) groups excluding carboxylic acids is 1. The molecule has 23 heavy (non-hydrogen) atoms. The normalized spacial score (nSPS) is 21.3. The maximum atomic E-state index is 12.5. The number of amides is 1. The summed E-state index contributed by atoms with van der Waals surface area (Å²) in [5.41, 5.74) is 2.77. The molecule has 0 saturated heterocycles. The van der Waals surface area contributed by atoms with Gasteiger partial charge in [0.1, 0.15) is 5.56 Å². The molecule has 1 amide bonds. The van der Waals surface area contributed by atoms with Crippen molar-refractivity contribution in [2.45, 2.75) is 45.6 Å². The Morgan fingerprint density at radius 3 is 2.61 bits per heavy atom. The summed E-state index contributed by atoms with van der Waals surface area (Å²) in [5, 5.41) is 16.2. The Morgan fingerprint density at radius 2 is 1.96 bits per heavy atom. The molecule has 0 radical (unpaired) electrons. The lowest BCUT2D eigenvalue weighted by Gasteiger charge is -2.26. The van der Waals surface area contributed by atoms with Gasteiger partial charge < -0.3 is 10.4 Å². The molecule has 3 rings (SSSR count). The van der Waals surface area contributed by atoms with Gasteiger partial charge in [-0.15, -0.1) is 0 Å². The minimum Gasteiger partial charge on any atom is -0.481 e. The van der Waals surface area contributed by atoms with E-state index in [4.69, 9.17) is 5.11 Å². The number of fused-ring (bicyclic) bond motifs is 1. The highest BCUT2D eigenvalue weighted by molar-refractivity contribution is 5.99. The zero-order valence-corrected chi connectivity index (χ0v) is 13.2. The molecule has 0 aliphatic heterocycles. The Balaban J connectivity index is 1.73. The second-order valence-electron chi connectivity index (χ2n) is 6.19. The number of aliphatic carboxylic acids is 1. The van der Waals surface area contributed by atoms with E-state index >= 15 is 0 Å². The number of hydrogen-bond donors (Lipinski definition) is 2. The molecular formula is C16H20N4O3.